The molecule has 0 unspecified atom stereocenters. The predicted molar refractivity (Wildman–Crippen MR) is 110 cm³/mol. The highest BCUT2D eigenvalue weighted by atomic mass is 35.5. The van der Waals surface area contributed by atoms with Crippen LogP contribution >= 0.6 is 23.4 Å². The van der Waals surface area contributed by atoms with E-state index in [9.17, 15) is 4.79 Å². The molecule has 0 aliphatic carbocycles. The maximum absolute atomic E-state index is 11.3. The van der Waals surface area contributed by atoms with Crippen LogP contribution in [0, 0.1) is 0 Å². The van der Waals surface area contributed by atoms with Gasteiger partial charge >= 0.3 is 0 Å². The lowest BCUT2D eigenvalue weighted by molar-refractivity contribution is -0.114. The summed E-state index contributed by atoms with van der Waals surface area (Å²) in [5.41, 5.74) is 2.30. The van der Waals surface area contributed by atoms with Crippen molar-refractivity contribution in [3.63, 3.8) is 0 Å². The minimum Gasteiger partial charge on any atom is -0.440 e. The third-order valence-electron chi connectivity index (χ3n) is 3.86. The van der Waals surface area contributed by atoms with Gasteiger partial charge in [-0.25, -0.2) is 4.98 Å². The van der Waals surface area contributed by atoms with Crippen molar-refractivity contribution < 1.29 is 9.21 Å². The van der Waals surface area contributed by atoms with Crippen LogP contribution in [-0.4, -0.2) is 31.1 Å². The van der Waals surface area contributed by atoms with Crippen molar-refractivity contribution in [1.82, 2.24) is 25.2 Å². The molecule has 4 rings (SSSR count). The van der Waals surface area contributed by atoms with Crippen molar-refractivity contribution in [2.75, 3.05) is 5.32 Å². The van der Waals surface area contributed by atoms with Gasteiger partial charge in [0, 0.05) is 23.2 Å². The molecule has 146 valence electrons. The van der Waals surface area contributed by atoms with Gasteiger partial charge in [-0.2, -0.15) is 4.68 Å². The van der Waals surface area contributed by atoms with Crippen LogP contribution in [0.1, 0.15) is 12.8 Å². The van der Waals surface area contributed by atoms with E-state index in [4.69, 9.17) is 16.0 Å². The molecule has 8 nitrogen and oxygen atoms in total. The summed E-state index contributed by atoms with van der Waals surface area (Å²) in [6.07, 6.45) is 1.68. The number of carbonyl (C=O) groups excluding carboxylic acids is 1. The first-order chi connectivity index (χ1) is 14.1. The number of oxazole rings is 1. The molecular formula is C19H15ClN6O2S. The van der Waals surface area contributed by atoms with E-state index >= 15 is 0 Å². The van der Waals surface area contributed by atoms with Gasteiger partial charge in [0.05, 0.1) is 17.6 Å². The zero-order valence-corrected chi connectivity index (χ0v) is 16.8. The summed E-state index contributed by atoms with van der Waals surface area (Å²) in [4.78, 5) is 15.6. The van der Waals surface area contributed by atoms with E-state index in [0.717, 1.165) is 11.3 Å². The zero-order chi connectivity index (χ0) is 20.2. The third-order valence-corrected chi connectivity index (χ3v) is 5.02. The molecule has 0 spiro atoms. The Labute approximate surface area is 175 Å². The zero-order valence-electron chi connectivity index (χ0n) is 15.2. The van der Waals surface area contributed by atoms with Crippen molar-refractivity contribution in [2.45, 2.75) is 17.8 Å². The highest BCUT2D eigenvalue weighted by Crippen LogP contribution is 2.27. The average molecular weight is 427 g/mol. The van der Waals surface area contributed by atoms with Crippen LogP contribution in [-0.2, 0) is 10.5 Å². The smallest absolute Gasteiger partial charge is 0.221 e. The number of amides is 1. The summed E-state index contributed by atoms with van der Waals surface area (Å²) >= 11 is 7.31. The highest BCUT2D eigenvalue weighted by Gasteiger charge is 2.13. The highest BCUT2D eigenvalue weighted by molar-refractivity contribution is 7.98. The molecule has 0 aliphatic heterocycles. The number of thioether (sulfide) groups is 1. The molecule has 0 saturated carbocycles. The molecule has 2 aromatic heterocycles. The van der Waals surface area contributed by atoms with Gasteiger partial charge in [-0.3, -0.25) is 4.79 Å². The fraction of sp³-hybridized carbons (Fsp3) is 0.105. The Morgan fingerprint density at radius 1 is 1.24 bits per heavy atom. The van der Waals surface area contributed by atoms with E-state index in [1.165, 1.54) is 18.7 Å². The molecule has 0 bridgehead atoms. The fourth-order valence-electron chi connectivity index (χ4n) is 2.60. The van der Waals surface area contributed by atoms with Gasteiger partial charge in [0.25, 0.3) is 0 Å². The standard InChI is InChI=1S/C19H15ClN6O2S/c1-12(27)22-15-3-2-4-16(9-15)26-19(23-24-25-26)29-11-18-21-10-17(28-18)13-5-7-14(20)8-6-13/h2-10H,11H2,1H3,(H,22,27). The van der Waals surface area contributed by atoms with Crippen LogP contribution in [0.3, 0.4) is 0 Å². The maximum Gasteiger partial charge on any atom is 0.221 e. The van der Waals surface area contributed by atoms with Gasteiger partial charge in [0.2, 0.25) is 17.0 Å². The lowest BCUT2D eigenvalue weighted by Crippen LogP contribution is -2.07. The molecule has 10 heteroatoms. The topological polar surface area (TPSA) is 98.7 Å². The Hall–Kier alpha value is -3.17. The molecule has 29 heavy (non-hydrogen) atoms. The van der Waals surface area contributed by atoms with Crippen molar-refractivity contribution in [2.24, 2.45) is 0 Å². The molecule has 1 amide bonds. The molecule has 0 saturated heterocycles. The third kappa shape index (κ3) is 4.64. The summed E-state index contributed by atoms with van der Waals surface area (Å²) in [5, 5.41) is 15.8. The Balaban J connectivity index is 1.48. The maximum atomic E-state index is 11.3. The van der Waals surface area contributed by atoms with Gasteiger partial charge in [0.1, 0.15) is 0 Å². The van der Waals surface area contributed by atoms with Gasteiger partial charge in [0.15, 0.2) is 5.76 Å². The Morgan fingerprint density at radius 3 is 2.86 bits per heavy atom. The van der Waals surface area contributed by atoms with Gasteiger partial charge in [-0.1, -0.05) is 29.4 Å². The molecule has 2 aromatic carbocycles. The quantitative estimate of drug-likeness (QED) is 0.461. The van der Waals surface area contributed by atoms with Crippen LogP contribution in [0.15, 0.2) is 64.3 Å². The van der Waals surface area contributed by atoms with E-state index < -0.39 is 0 Å². The van der Waals surface area contributed by atoms with Crippen LogP contribution in [0.5, 0.6) is 0 Å². The van der Waals surface area contributed by atoms with Crippen LogP contribution in [0.4, 0.5) is 5.69 Å². The Kier molecular flexibility index (Phi) is 5.59. The number of nitrogens with one attached hydrogen (secondary N) is 1. The van der Waals surface area contributed by atoms with Crippen LogP contribution < -0.4 is 5.32 Å². The Bertz CT molecular complexity index is 1140. The van der Waals surface area contributed by atoms with E-state index in [1.54, 1.807) is 35.1 Å². The van der Waals surface area contributed by atoms with Crippen LogP contribution in [0.2, 0.25) is 5.02 Å². The molecular weight excluding hydrogens is 412 g/mol. The molecule has 0 atom stereocenters. The number of tetrazole rings is 1. The number of aromatic nitrogens is 5. The summed E-state index contributed by atoms with van der Waals surface area (Å²) in [6, 6.07) is 14.6. The number of benzene rings is 2. The number of nitrogens with zero attached hydrogens (tertiary/aromatic N) is 5. The van der Waals surface area contributed by atoms with Crippen molar-refractivity contribution in [1.29, 1.82) is 0 Å². The monoisotopic (exact) mass is 426 g/mol. The molecule has 1 N–H and O–H groups in total. The van der Waals surface area contributed by atoms with Gasteiger partial charge in [-0.15, -0.1) is 5.10 Å². The largest absolute Gasteiger partial charge is 0.440 e. The molecule has 0 radical (unpaired) electrons. The lowest BCUT2D eigenvalue weighted by Gasteiger charge is -2.06. The number of rotatable bonds is 6. The SMILES string of the molecule is CC(=O)Nc1cccc(-n2nnnc2SCc2ncc(-c3ccc(Cl)cc3)o2)c1. The average Bonchev–Trinajstić information content (AvgIpc) is 3.36. The number of anilines is 1. The van der Waals surface area contributed by atoms with Gasteiger partial charge < -0.3 is 9.73 Å². The normalized spacial score (nSPS) is 10.8. The first kappa shape index (κ1) is 19.2. The second-order valence-corrected chi connectivity index (χ2v) is 7.40. The first-order valence-electron chi connectivity index (χ1n) is 8.58. The summed E-state index contributed by atoms with van der Waals surface area (Å²) in [6.45, 7) is 1.46. The second-order valence-electron chi connectivity index (χ2n) is 6.02. The second kappa shape index (κ2) is 8.46. The number of hydrogen-bond donors (Lipinski definition) is 1. The molecule has 0 fully saturated rings. The molecule has 2 heterocycles. The number of halogens is 1. The predicted octanol–water partition coefficient (Wildman–Crippen LogP) is 4.22. The van der Waals surface area contributed by atoms with Crippen molar-refractivity contribution in [3.8, 4) is 17.0 Å². The minimum absolute atomic E-state index is 0.145. The summed E-state index contributed by atoms with van der Waals surface area (Å²) in [7, 11) is 0. The van der Waals surface area contributed by atoms with Gasteiger partial charge in [-0.05, 0) is 52.9 Å². The minimum atomic E-state index is -0.145. The van der Waals surface area contributed by atoms with Crippen LogP contribution in [0.25, 0.3) is 17.0 Å². The molecule has 4 aromatic rings. The Morgan fingerprint density at radius 2 is 2.07 bits per heavy atom. The van der Waals surface area contributed by atoms with E-state index in [-0.39, 0.29) is 5.91 Å². The number of carbonyl (C=O) groups is 1. The van der Waals surface area contributed by atoms with E-state index in [2.05, 4.69) is 25.8 Å². The number of hydrogen-bond acceptors (Lipinski definition) is 7. The summed E-state index contributed by atoms with van der Waals surface area (Å²) < 4.78 is 7.41. The van der Waals surface area contributed by atoms with Crippen molar-refractivity contribution >= 4 is 35.0 Å². The van der Waals surface area contributed by atoms with Crippen molar-refractivity contribution in [3.05, 3.63) is 65.6 Å². The summed E-state index contributed by atoms with van der Waals surface area (Å²) in [5.74, 6) is 1.54. The van der Waals surface area contributed by atoms with E-state index in [1.807, 2.05) is 24.3 Å². The van der Waals surface area contributed by atoms with E-state index in [0.29, 0.717) is 33.3 Å². The first-order valence-corrected chi connectivity index (χ1v) is 9.95. The fourth-order valence-corrected chi connectivity index (χ4v) is 3.47. The molecule has 0 aliphatic rings. The lowest BCUT2D eigenvalue weighted by atomic mass is 10.2.